The topological polar surface area (TPSA) is 54.0 Å². The average Bonchev–Trinajstić information content (AvgIpc) is 3.19. The van der Waals surface area contributed by atoms with Crippen LogP contribution in [0.15, 0.2) is 34.5 Å². The van der Waals surface area contributed by atoms with Gasteiger partial charge in [0.2, 0.25) is 5.91 Å². The highest BCUT2D eigenvalue weighted by Crippen LogP contribution is 2.27. The van der Waals surface area contributed by atoms with Crippen LogP contribution in [0.5, 0.6) is 0 Å². The van der Waals surface area contributed by atoms with E-state index in [1.54, 1.807) is 11.8 Å². The molecular weight excluding hydrogens is 314 g/mol. The van der Waals surface area contributed by atoms with Crippen molar-refractivity contribution in [3.8, 4) is 11.3 Å². The predicted molar refractivity (Wildman–Crippen MR) is 93.6 cm³/mol. The van der Waals surface area contributed by atoms with Gasteiger partial charge in [-0.25, -0.2) is 4.98 Å². The van der Waals surface area contributed by atoms with E-state index in [9.17, 15) is 4.79 Å². The smallest absolute Gasteiger partial charge is 0.227 e. The van der Waals surface area contributed by atoms with E-state index < -0.39 is 0 Å². The molecule has 1 aromatic heterocycles. The molecule has 6 heteroatoms. The summed E-state index contributed by atoms with van der Waals surface area (Å²) < 4.78 is 0. The average molecular weight is 333 g/mol. The van der Waals surface area contributed by atoms with Gasteiger partial charge < -0.3 is 10.6 Å². The zero-order chi connectivity index (χ0) is 15.4. The highest BCUT2D eigenvalue weighted by Gasteiger charge is 2.18. The number of aromatic nitrogens is 1. The van der Waals surface area contributed by atoms with Crippen LogP contribution in [0, 0.1) is 0 Å². The molecule has 3 rings (SSSR count). The van der Waals surface area contributed by atoms with Crippen molar-refractivity contribution >= 4 is 34.1 Å². The fourth-order valence-electron chi connectivity index (χ4n) is 2.55. The molecule has 2 heterocycles. The number of anilines is 1. The van der Waals surface area contributed by atoms with Crippen molar-refractivity contribution in [1.29, 1.82) is 0 Å². The van der Waals surface area contributed by atoms with E-state index in [0.717, 1.165) is 30.6 Å². The van der Waals surface area contributed by atoms with Crippen LogP contribution >= 0.6 is 23.1 Å². The molecule has 1 aliphatic rings. The quantitative estimate of drug-likeness (QED) is 0.821. The van der Waals surface area contributed by atoms with E-state index in [-0.39, 0.29) is 5.91 Å². The number of nitrogens with zero attached hydrogens (tertiary/aromatic N) is 1. The minimum Gasteiger partial charge on any atom is -0.313 e. The monoisotopic (exact) mass is 333 g/mol. The molecule has 1 saturated heterocycles. The van der Waals surface area contributed by atoms with E-state index in [4.69, 9.17) is 0 Å². The van der Waals surface area contributed by atoms with E-state index >= 15 is 0 Å². The lowest BCUT2D eigenvalue weighted by Crippen LogP contribution is -2.27. The summed E-state index contributed by atoms with van der Waals surface area (Å²) in [6, 6.07) is 8.62. The van der Waals surface area contributed by atoms with Gasteiger partial charge in [-0.15, -0.1) is 23.1 Å². The maximum atomic E-state index is 12.0. The summed E-state index contributed by atoms with van der Waals surface area (Å²) in [4.78, 5) is 17.8. The van der Waals surface area contributed by atoms with Crippen molar-refractivity contribution < 1.29 is 4.79 Å². The Hall–Kier alpha value is -1.37. The molecule has 0 radical (unpaired) electrons. The SMILES string of the molecule is CSc1ccc(-c2csc(NC(=O)CC3CCCN3)n2)cc1. The van der Waals surface area contributed by atoms with Gasteiger partial charge in [-0.1, -0.05) is 12.1 Å². The number of amides is 1. The maximum Gasteiger partial charge on any atom is 0.227 e. The minimum atomic E-state index is 0.0398. The normalized spacial score (nSPS) is 17.6. The number of benzene rings is 1. The van der Waals surface area contributed by atoms with E-state index in [1.807, 2.05) is 5.38 Å². The molecule has 1 unspecified atom stereocenters. The molecule has 0 aliphatic carbocycles. The van der Waals surface area contributed by atoms with Crippen molar-refractivity contribution in [2.75, 3.05) is 18.1 Å². The number of hydrogen-bond acceptors (Lipinski definition) is 5. The van der Waals surface area contributed by atoms with Gasteiger partial charge in [0, 0.05) is 28.3 Å². The second-order valence-corrected chi connectivity index (χ2v) is 7.05. The summed E-state index contributed by atoms with van der Waals surface area (Å²) in [6.45, 7) is 1.02. The van der Waals surface area contributed by atoms with Gasteiger partial charge in [0.25, 0.3) is 0 Å². The van der Waals surface area contributed by atoms with Crippen molar-refractivity contribution in [3.05, 3.63) is 29.6 Å². The number of nitrogens with one attached hydrogen (secondary N) is 2. The fourth-order valence-corrected chi connectivity index (χ4v) is 3.69. The Morgan fingerprint density at radius 1 is 1.45 bits per heavy atom. The first-order valence-electron chi connectivity index (χ1n) is 7.38. The Morgan fingerprint density at radius 2 is 2.27 bits per heavy atom. The molecule has 4 nitrogen and oxygen atoms in total. The first-order chi connectivity index (χ1) is 10.7. The predicted octanol–water partition coefficient (Wildman–Crippen LogP) is 3.61. The summed E-state index contributed by atoms with van der Waals surface area (Å²) in [7, 11) is 0. The molecule has 2 aromatic rings. The van der Waals surface area contributed by atoms with Crippen molar-refractivity contribution in [2.24, 2.45) is 0 Å². The van der Waals surface area contributed by atoms with Gasteiger partial charge in [-0.3, -0.25) is 4.79 Å². The Labute approximate surface area is 138 Å². The lowest BCUT2D eigenvalue weighted by molar-refractivity contribution is -0.116. The van der Waals surface area contributed by atoms with E-state index in [1.165, 1.54) is 16.2 Å². The Morgan fingerprint density at radius 3 is 2.95 bits per heavy atom. The first-order valence-corrected chi connectivity index (χ1v) is 9.48. The van der Waals surface area contributed by atoms with Crippen LogP contribution in [0.2, 0.25) is 0 Å². The summed E-state index contributed by atoms with van der Waals surface area (Å²) >= 11 is 3.19. The van der Waals surface area contributed by atoms with Crippen molar-refractivity contribution in [2.45, 2.75) is 30.2 Å². The van der Waals surface area contributed by atoms with Crippen molar-refractivity contribution in [1.82, 2.24) is 10.3 Å². The second-order valence-electron chi connectivity index (χ2n) is 5.31. The van der Waals surface area contributed by atoms with Crippen LogP contribution in [0.4, 0.5) is 5.13 Å². The number of thiazole rings is 1. The van der Waals surface area contributed by atoms with Crippen LogP contribution in [-0.2, 0) is 4.79 Å². The third-order valence-corrected chi connectivity index (χ3v) is 5.23. The Kier molecular flexibility index (Phi) is 5.12. The van der Waals surface area contributed by atoms with Crippen LogP contribution < -0.4 is 10.6 Å². The molecule has 1 atom stereocenters. The Balaban J connectivity index is 1.61. The zero-order valence-electron chi connectivity index (χ0n) is 12.5. The number of carbonyl (C=O) groups excluding carboxylic acids is 1. The first kappa shape index (κ1) is 15.5. The molecule has 0 bridgehead atoms. The van der Waals surface area contributed by atoms with Gasteiger partial charge in [0.1, 0.15) is 0 Å². The van der Waals surface area contributed by atoms with Crippen LogP contribution in [-0.4, -0.2) is 29.7 Å². The van der Waals surface area contributed by atoms with Gasteiger partial charge in [-0.2, -0.15) is 0 Å². The molecule has 1 fully saturated rings. The molecular formula is C16H19N3OS2. The second kappa shape index (κ2) is 7.26. The molecule has 116 valence electrons. The summed E-state index contributed by atoms with van der Waals surface area (Å²) in [5.74, 6) is 0.0398. The molecule has 0 saturated carbocycles. The zero-order valence-corrected chi connectivity index (χ0v) is 14.1. The number of hydrogen-bond donors (Lipinski definition) is 2. The van der Waals surface area contributed by atoms with Gasteiger partial charge in [0.05, 0.1) is 5.69 Å². The minimum absolute atomic E-state index is 0.0398. The lowest BCUT2D eigenvalue weighted by Gasteiger charge is -2.08. The largest absolute Gasteiger partial charge is 0.313 e. The maximum absolute atomic E-state index is 12.0. The molecule has 1 amide bonds. The lowest BCUT2D eigenvalue weighted by atomic mass is 10.1. The van der Waals surface area contributed by atoms with Gasteiger partial charge in [0.15, 0.2) is 5.13 Å². The van der Waals surface area contributed by atoms with E-state index in [0.29, 0.717) is 17.6 Å². The molecule has 2 N–H and O–H groups in total. The van der Waals surface area contributed by atoms with Crippen LogP contribution in [0.3, 0.4) is 0 Å². The summed E-state index contributed by atoms with van der Waals surface area (Å²) in [5.41, 5.74) is 1.99. The van der Waals surface area contributed by atoms with Gasteiger partial charge >= 0.3 is 0 Å². The highest BCUT2D eigenvalue weighted by atomic mass is 32.2. The van der Waals surface area contributed by atoms with Crippen molar-refractivity contribution in [3.63, 3.8) is 0 Å². The molecule has 0 spiro atoms. The van der Waals surface area contributed by atoms with Crippen LogP contribution in [0.1, 0.15) is 19.3 Å². The highest BCUT2D eigenvalue weighted by molar-refractivity contribution is 7.98. The number of carbonyl (C=O) groups is 1. The number of thioether (sulfide) groups is 1. The molecule has 1 aliphatic heterocycles. The summed E-state index contributed by atoms with van der Waals surface area (Å²) in [6.07, 6.45) is 4.83. The third kappa shape index (κ3) is 3.88. The fraction of sp³-hybridized carbons (Fsp3) is 0.375. The number of rotatable bonds is 5. The summed E-state index contributed by atoms with van der Waals surface area (Å²) in [5, 5.41) is 8.90. The molecule has 1 aromatic carbocycles. The van der Waals surface area contributed by atoms with Gasteiger partial charge in [-0.05, 0) is 37.8 Å². The van der Waals surface area contributed by atoms with E-state index in [2.05, 4.69) is 46.1 Å². The van der Waals surface area contributed by atoms with Crippen LogP contribution in [0.25, 0.3) is 11.3 Å². The standard InChI is InChI=1S/C16H19N3OS2/c1-21-13-6-4-11(5-7-13)14-10-22-16(18-14)19-15(20)9-12-3-2-8-17-12/h4-7,10,12,17H,2-3,8-9H2,1H3,(H,18,19,20). The Bertz CT molecular complexity index is 633. The third-order valence-electron chi connectivity index (χ3n) is 3.73. The molecule has 22 heavy (non-hydrogen) atoms.